The molecular weight excluding hydrogens is 1240 g/mol. The molecule has 2 aliphatic rings. The predicted octanol–water partition coefficient (Wildman–Crippen LogP) is 7.58. The Kier molecular flexibility index (Phi) is 28.1. The summed E-state index contributed by atoms with van der Waals surface area (Å²) in [5.74, 6) is -1.58. The van der Waals surface area contributed by atoms with Crippen molar-refractivity contribution in [1.82, 2.24) is 19.9 Å². The highest BCUT2D eigenvalue weighted by Gasteiger charge is 2.25. The van der Waals surface area contributed by atoms with Crippen molar-refractivity contribution in [3.05, 3.63) is 162 Å². The summed E-state index contributed by atoms with van der Waals surface area (Å²) in [5, 5.41) is 21.7. The number of sulfonamides is 1. The number of carbonyl (C=O) groups is 4. The average Bonchev–Trinajstić information content (AvgIpc) is 0.750. The maximum Gasteiger partial charge on any atom is 0.336 e. The number of rotatable bonds is 25. The quantitative estimate of drug-likeness (QED) is 0.00898. The highest BCUT2D eigenvalue weighted by Crippen LogP contribution is 2.43. The lowest BCUT2D eigenvalue weighted by Gasteiger charge is -2.19. The Labute approximate surface area is 536 Å². The zero-order valence-corrected chi connectivity index (χ0v) is 55.5. The van der Waals surface area contributed by atoms with Crippen molar-refractivity contribution in [2.24, 2.45) is 5.73 Å². The molecule has 1 aliphatic carbocycles. The maximum absolute atomic E-state index is 13.4. The van der Waals surface area contributed by atoms with Crippen molar-refractivity contribution >= 4 is 88.0 Å². The number of nitrogens with one attached hydrogen (secondary N) is 4. The van der Waals surface area contributed by atoms with Crippen LogP contribution in [-0.4, -0.2) is 122 Å². The van der Waals surface area contributed by atoms with E-state index in [1.807, 2.05) is 118 Å². The lowest BCUT2D eigenvalue weighted by molar-refractivity contribution is -0.212. The molecule has 0 saturated carbocycles. The number of phosphoric acid groups is 2. The fourth-order valence-electron chi connectivity index (χ4n) is 9.01. The largest absolute Gasteiger partial charge is 0.746 e. The highest BCUT2D eigenvalue weighted by molar-refractivity contribution is 7.89. The van der Waals surface area contributed by atoms with E-state index in [0.29, 0.717) is 57.5 Å². The third-order valence-corrected chi connectivity index (χ3v) is 16.1. The summed E-state index contributed by atoms with van der Waals surface area (Å²) in [6.45, 7) is 7.75. The number of unbranched alkanes of at least 4 members (excludes halogenated alkanes) is 1. The number of nitrogens with zero attached hydrogens (tertiary/aromatic N) is 3. The minimum atomic E-state index is -4.90. The number of hydrogen-bond donors (Lipinski definition) is 8. The first kappa shape index (κ1) is 74.2. The Morgan fingerprint density at radius 2 is 1.24 bits per heavy atom. The van der Waals surface area contributed by atoms with E-state index in [0.717, 1.165) is 34.2 Å². The van der Waals surface area contributed by atoms with E-state index in [9.17, 15) is 51.6 Å². The Morgan fingerprint density at radius 3 is 1.82 bits per heavy atom. The molecule has 0 radical (unpaired) electrons. The van der Waals surface area contributed by atoms with Gasteiger partial charge < -0.3 is 69.6 Å². The van der Waals surface area contributed by atoms with Gasteiger partial charge in [0.1, 0.15) is 36.9 Å². The molecule has 27 heteroatoms. The first-order valence-corrected chi connectivity index (χ1v) is 33.9. The van der Waals surface area contributed by atoms with Crippen LogP contribution in [0.3, 0.4) is 0 Å². The van der Waals surface area contributed by atoms with Gasteiger partial charge in [0.25, 0.3) is 0 Å². The van der Waals surface area contributed by atoms with E-state index in [1.54, 1.807) is 48.5 Å². The number of Topliss-reactive ketones (excluding diaryl/α,β-unsaturated/α-hetero) is 1. The van der Waals surface area contributed by atoms with Crippen LogP contribution < -0.4 is 65.0 Å². The Balaban J connectivity index is 0.000000319. The number of carboxylic acids is 1. The first-order chi connectivity index (χ1) is 43.5. The van der Waals surface area contributed by atoms with E-state index in [1.165, 1.54) is 49.2 Å². The van der Waals surface area contributed by atoms with Gasteiger partial charge in [-0.2, -0.15) is 0 Å². The summed E-state index contributed by atoms with van der Waals surface area (Å²) in [7, 11) is -2.11. The zero-order valence-electron chi connectivity index (χ0n) is 52.9. The standard InChI is InChI=1S/C36H37N4O9P.C23H28N3O7PS.C4H10.C2H7N/c1-39(2)24-8-13-28-32(20-24)48-33-21-25(40(3)4)9-14-29(33)35(28)30-19-22(5-12-27(30)36(43)44)31(41)15-16-34(42)38-18-17-37-23-6-10-26(11-7-23)49-50(45,46)47;1-26(2)21-7-3-6-20-19(21)5-4-8-22(20)35(31,32)25-16-15-24-23(27)14-11-17-9-12-18(13-10-17)33-34(28,29)30;1-3-4-2;1-2-3/h5-14,19-21,37H,15-18H2,1-4H3,(H3-,38,42,43,44,45,46,47);3-10,12-13,25H,11,14-16H2,1-2H3,(H,24,27)(H2,28,29,30);3-4H2,1-2H3;2-3H2,1H3/p-1. The summed E-state index contributed by atoms with van der Waals surface area (Å²) < 4.78 is 67.0. The third-order valence-electron chi connectivity index (χ3n) is 13.6. The molecule has 24 nitrogen and oxygen atoms in total. The van der Waals surface area contributed by atoms with Crippen molar-refractivity contribution in [3.8, 4) is 33.9 Å². The van der Waals surface area contributed by atoms with Gasteiger partial charge in [-0.1, -0.05) is 76.1 Å². The number of aryl methyl sites for hydroxylation is 1. The van der Waals surface area contributed by atoms with Gasteiger partial charge in [-0.25, -0.2) is 22.5 Å². The average molecular weight is 1320 g/mol. The van der Waals surface area contributed by atoms with Gasteiger partial charge in [0.05, 0.1) is 16.5 Å². The van der Waals surface area contributed by atoms with Crippen LogP contribution in [0.25, 0.3) is 44.2 Å². The maximum atomic E-state index is 13.4. The molecule has 494 valence electrons. The highest BCUT2D eigenvalue weighted by atomic mass is 32.2. The van der Waals surface area contributed by atoms with Crippen LogP contribution in [0, 0.1) is 0 Å². The van der Waals surface area contributed by atoms with Crippen molar-refractivity contribution in [2.45, 2.75) is 64.2 Å². The molecule has 0 fully saturated rings. The van der Waals surface area contributed by atoms with Crippen LogP contribution in [0.4, 0.5) is 17.1 Å². The molecule has 0 spiro atoms. The molecule has 92 heavy (non-hydrogen) atoms. The summed E-state index contributed by atoms with van der Waals surface area (Å²) in [5.41, 5.74) is 10.6. The molecule has 2 atom stereocenters. The van der Waals surface area contributed by atoms with E-state index in [-0.39, 0.29) is 84.0 Å². The van der Waals surface area contributed by atoms with E-state index >= 15 is 0 Å². The van der Waals surface area contributed by atoms with Gasteiger partial charge in [-0.15, -0.1) is 0 Å². The molecule has 0 aromatic heterocycles. The van der Waals surface area contributed by atoms with Crippen LogP contribution in [0.15, 0.2) is 149 Å². The first-order valence-electron chi connectivity index (χ1n) is 29.4. The van der Waals surface area contributed by atoms with Gasteiger partial charge in [-0.3, -0.25) is 23.5 Å². The second kappa shape index (κ2) is 34.8. The number of carboxylic acid groups (broad SMARTS) is 1. The number of ketones is 1. The molecule has 8 rings (SSSR count). The van der Waals surface area contributed by atoms with Crippen LogP contribution in [0.5, 0.6) is 11.5 Å². The summed E-state index contributed by atoms with van der Waals surface area (Å²) in [6, 6.07) is 38.2. The lowest BCUT2D eigenvalue weighted by atomic mass is 9.88. The summed E-state index contributed by atoms with van der Waals surface area (Å²) in [6.07, 6.45) is 3.01. The molecule has 2 unspecified atom stereocenters. The fourth-order valence-corrected chi connectivity index (χ4v) is 11.0. The Morgan fingerprint density at radius 1 is 0.652 bits per heavy atom. The fraction of sp³-hybridized carbons (Fsp3) is 0.308. The number of anilines is 3. The van der Waals surface area contributed by atoms with Gasteiger partial charge in [0.2, 0.25) is 27.2 Å². The molecular formula is C65H81N8O16P2S-. The Hall–Kier alpha value is -8.48. The Bertz CT molecular complexity index is 4070. The molecule has 0 bridgehead atoms. The van der Waals surface area contributed by atoms with Gasteiger partial charge in [-0.05, 0) is 103 Å². The molecule has 2 amide bonds. The monoisotopic (exact) mass is 1320 g/mol. The smallest absolute Gasteiger partial charge is 0.336 e. The number of nitrogens with two attached hydrogens (primary N) is 1. The van der Waals surface area contributed by atoms with Gasteiger partial charge in [0, 0.05) is 136 Å². The van der Waals surface area contributed by atoms with E-state index < -0.39 is 31.6 Å². The van der Waals surface area contributed by atoms with Crippen molar-refractivity contribution in [1.29, 1.82) is 0 Å². The summed E-state index contributed by atoms with van der Waals surface area (Å²) in [4.78, 5) is 93.6. The minimum Gasteiger partial charge on any atom is -0.746 e. The van der Waals surface area contributed by atoms with Crippen LogP contribution in [0.2, 0.25) is 0 Å². The lowest BCUT2D eigenvalue weighted by Crippen LogP contribution is -2.34. The number of amides is 2. The normalized spacial score (nSPS) is 12.2. The van der Waals surface area contributed by atoms with Gasteiger partial charge in [0.15, 0.2) is 5.78 Å². The second-order valence-corrected chi connectivity index (χ2v) is 25.3. The number of carbonyl (C=O) groups excluding carboxylic acids is 3. The van der Waals surface area contributed by atoms with E-state index in [2.05, 4.69) is 43.6 Å². The van der Waals surface area contributed by atoms with Crippen LogP contribution in [-0.2, 0) is 35.2 Å². The van der Waals surface area contributed by atoms with Crippen molar-refractivity contribution in [3.63, 3.8) is 0 Å². The number of hydrogen-bond acceptors (Lipinski definition) is 17. The van der Waals surface area contributed by atoms with Gasteiger partial charge >= 0.3 is 21.6 Å². The van der Waals surface area contributed by atoms with Crippen molar-refractivity contribution in [2.75, 3.05) is 90.1 Å². The topological polar surface area (TPSA) is 359 Å². The molecule has 0 saturated heterocycles. The SMILES string of the molecule is CCCC.CCN.CN(C)c1ccc2c(-c3cc(C(=O)CCC(=O)NCCNc4ccc(OP(=O)([O-])O)cc4)ccc3C(=O)O)c3ccc(=[N+](C)C)cc-3oc2c1.CN(C)c1cccc2c(S(=O)(=O)NCCNC(=O)CCc3ccc(OP(=O)([O-])O)cc3)cccc12. The van der Waals surface area contributed by atoms with Crippen LogP contribution >= 0.6 is 15.6 Å². The molecule has 1 heterocycles. The molecule has 9 N–H and O–H groups in total. The number of fused-ring (bicyclic) bond motifs is 3. The predicted molar refractivity (Wildman–Crippen MR) is 356 cm³/mol. The van der Waals surface area contributed by atoms with Crippen LogP contribution in [0.1, 0.15) is 79.2 Å². The van der Waals surface area contributed by atoms with Crippen molar-refractivity contribution < 1.29 is 74.9 Å². The molecule has 1 aliphatic heterocycles. The minimum absolute atomic E-state index is 0.0231. The number of benzene rings is 7. The third kappa shape index (κ3) is 22.7. The summed E-state index contributed by atoms with van der Waals surface area (Å²) >= 11 is 0. The van der Waals surface area contributed by atoms with E-state index in [4.69, 9.17) is 19.9 Å². The zero-order chi connectivity index (χ0) is 67.9. The second-order valence-electron chi connectivity index (χ2n) is 21.4. The molecule has 6 aromatic carbocycles. The molecule has 6 aromatic rings. The number of aromatic carboxylic acids is 1. The number of phosphoric ester groups is 2.